The normalized spacial score (nSPS) is 22.7. The van der Waals surface area contributed by atoms with Crippen molar-refractivity contribution in [2.24, 2.45) is 0 Å². The van der Waals surface area contributed by atoms with Crippen LogP contribution in [-0.4, -0.2) is 19.3 Å². The van der Waals surface area contributed by atoms with Crippen LogP contribution < -0.4 is 4.74 Å². The molecule has 0 amide bonds. The standard InChI is InChI=1S/C17H11BO3/c1-9-13-10-5-3-4-6-11(10)15-12(14(13)16(19)20-9)7-8-17(2,18)21-15/h3-8H,1H2,2H3. The molecular formula is C17H11BO3. The Bertz CT molecular complexity index is 862. The topological polar surface area (TPSA) is 35.5 Å². The molecule has 0 aliphatic carbocycles. The van der Waals surface area contributed by atoms with E-state index in [1.54, 1.807) is 13.0 Å². The molecule has 0 fully saturated rings. The van der Waals surface area contributed by atoms with Gasteiger partial charge >= 0.3 is 5.97 Å². The van der Waals surface area contributed by atoms with Crippen LogP contribution in [0.25, 0.3) is 22.6 Å². The maximum Gasteiger partial charge on any atom is 0.345 e. The van der Waals surface area contributed by atoms with Crippen molar-refractivity contribution in [2.75, 3.05) is 0 Å². The maximum atomic E-state index is 12.1. The molecule has 1 unspecified atom stereocenters. The van der Waals surface area contributed by atoms with Gasteiger partial charge < -0.3 is 9.47 Å². The van der Waals surface area contributed by atoms with Crippen LogP contribution in [0, 0.1) is 0 Å². The van der Waals surface area contributed by atoms with Gasteiger partial charge in [0.25, 0.3) is 0 Å². The second kappa shape index (κ2) is 3.79. The fourth-order valence-corrected chi connectivity index (χ4v) is 2.91. The minimum atomic E-state index is -0.899. The molecule has 100 valence electrons. The van der Waals surface area contributed by atoms with Gasteiger partial charge in [0.05, 0.1) is 11.1 Å². The van der Waals surface area contributed by atoms with Crippen molar-refractivity contribution in [3.05, 3.63) is 53.6 Å². The average Bonchev–Trinajstić information content (AvgIpc) is 2.73. The molecule has 0 spiro atoms. The molecule has 4 rings (SSSR count). The summed E-state index contributed by atoms with van der Waals surface area (Å²) >= 11 is 0. The van der Waals surface area contributed by atoms with Crippen molar-refractivity contribution in [1.82, 2.24) is 0 Å². The van der Waals surface area contributed by atoms with Gasteiger partial charge in [-0.15, -0.1) is 0 Å². The van der Waals surface area contributed by atoms with E-state index in [9.17, 15) is 4.79 Å². The van der Waals surface area contributed by atoms with Crippen molar-refractivity contribution in [1.29, 1.82) is 0 Å². The predicted octanol–water partition coefficient (Wildman–Crippen LogP) is 3.27. The highest BCUT2D eigenvalue weighted by molar-refractivity contribution is 6.19. The highest BCUT2D eigenvalue weighted by atomic mass is 16.5. The van der Waals surface area contributed by atoms with Crippen LogP contribution in [0.3, 0.4) is 0 Å². The van der Waals surface area contributed by atoms with Gasteiger partial charge in [-0.05, 0) is 12.3 Å². The van der Waals surface area contributed by atoms with Crippen LogP contribution in [0.2, 0.25) is 0 Å². The number of cyclic esters (lactones) is 1. The average molecular weight is 274 g/mol. The fourth-order valence-electron chi connectivity index (χ4n) is 2.91. The third-order valence-electron chi connectivity index (χ3n) is 3.81. The van der Waals surface area contributed by atoms with Gasteiger partial charge in [0.15, 0.2) is 0 Å². The van der Waals surface area contributed by atoms with Crippen LogP contribution in [0.4, 0.5) is 0 Å². The molecule has 2 radical (unpaired) electrons. The first-order valence-corrected chi connectivity index (χ1v) is 6.65. The molecule has 0 saturated carbocycles. The molecule has 2 aromatic carbocycles. The van der Waals surface area contributed by atoms with E-state index in [0.29, 0.717) is 22.6 Å². The number of benzene rings is 2. The molecule has 0 saturated heterocycles. The number of esters is 1. The van der Waals surface area contributed by atoms with Crippen LogP contribution in [0.5, 0.6) is 5.75 Å². The number of rotatable bonds is 0. The van der Waals surface area contributed by atoms with Crippen LogP contribution in [0.15, 0.2) is 36.9 Å². The molecule has 2 aromatic rings. The summed E-state index contributed by atoms with van der Waals surface area (Å²) in [7, 11) is 6.05. The summed E-state index contributed by atoms with van der Waals surface area (Å²) in [6.07, 6.45) is 3.56. The SMILES string of the molecule is [B]C1(C)C=Cc2c3c(c4ccccc4c2O1)C(=C)OC3=O. The Labute approximate surface area is 123 Å². The van der Waals surface area contributed by atoms with Crippen molar-refractivity contribution in [3.63, 3.8) is 0 Å². The minimum Gasteiger partial charge on any atom is -0.492 e. The summed E-state index contributed by atoms with van der Waals surface area (Å²) in [5, 5.41) is 1.78. The molecule has 4 heteroatoms. The van der Waals surface area contributed by atoms with Crippen molar-refractivity contribution in [2.45, 2.75) is 12.4 Å². The van der Waals surface area contributed by atoms with Gasteiger partial charge in [-0.25, -0.2) is 4.79 Å². The smallest absolute Gasteiger partial charge is 0.345 e. The van der Waals surface area contributed by atoms with E-state index in [1.807, 2.05) is 30.3 Å². The lowest BCUT2D eigenvalue weighted by Crippen LogP contribution is -2.32. The third-order valence-corrected chi connectivity index (χ3v) is 3.81. The summed E-state index contributed by atoms with van der Waals surface area (Å²) in [4.78, 5) is 12.1. The summed E-state index contributed by atoms with van der Waals surface area (Å²) in [6.45, 7) is 5.61. The summed E-state index contributed by atoms with van der Waals surface area (Å²) < 4.78 is 11.1. The zero-order valence-corrected chi connectivity index (χ0v) is 11.5. The second-order valence-corrected chi connectivity index (χ2v) is 5.47. The lowest BCUT2D eigenvalue weighted by molar-refractivity contribution is 0.0715. The number of carbonyl (C=O) groups is 1. The fraction of sp³-hybridized carbons (Fsp3) is 0.118. The number of fused-ring (bicyclic) bond motifs is 6. The highest BCUT2D eigenvalue weighted by Gasteiger charge is 2.35. The first kappa shape index (κ1) is 12.3. The molecular weight excluding hydrogens is 263 g/mol. The van der Waals surface area contributed by atoms with Gasteiger partial charge in [0.1, 0.15) is 19.4 Å². The predicted molar refractivity (Wildman–Crippen MR) is 82.2 cm³/mol. The molecule has 0 bridgehead atoms. The molecule has 2 aliphatic heterocycles. The molecule has 3 nitrogen and oxygen atoms in total. The van der Waals surface area contributed by atoms with Crippen LogP contribution in [-0.2, 0) is 4.74 Å². The lowest BCUT2D eigenvalue weighted by atomic mass is 9.80. The van der Waals surface area contributed by atoms with Gasteiger partial charge in [-0.1, -0.05) is 43.0 Å². The second-order valence-electron chi connectivity index (χ2n) is 5.47. The van der Waals surface area contributed by atoms with E-state index in [0.717, 1.165) is 16.3 Å². The first-order chi connectivity index (χ1) is 9.98. The summed E-state index contributed by atoms with van der Waals surface area (Å²) in [5.41, 5.74) is 1.04. The van der Waals surface area contributed by atoms with Gasteiger partial charge in [-0.2, -0.15) is 0 Å². The zero-order chi connectivity index (χ0) is 14.8. The Balaban J connectivity index is 2.20. The Morgan fingerprint density at radius 1 is 1.19 bits per heavy atom. The van der Waals surface area contributed by atoms with E-state index in [1.165, 1.54) is 0 Å². The Kier molecular flexibility index (Phi) is 2.21. The van der Waals surface area contributed by atoms with E-state index in [2.05, 4.69) is 6.58 Å². The van der Waals surface area contributed by atoms with Crippen molar-refractivity contribution in [3.8, 4) is 5.75 Å². The maximum absolute atomic E-state index is 12.1. The van der Waals surface area contributed by atoms with E-state index >= 15 is 0 Å². The molecule has 2 heterocycles. The number of hydrogen-bond acceptors (Lipinski definition) is 3. The van der Waals surface area contributed by atoms with E-state index in [4.69, 9.17) is 17.3 Å². The molecule has 2 aliphatic rings. The first-order valence-electron chi connectivity index (χ1n) is 6.65. The Hall–Kier alpha value is -2.49. The summed E-state index contributed by atoms with van der Waals surface area (Å²) in [6, 6.07) is 7.70. The number of hydrogen-bond donors (Lipinski definition) is 0. The van der Waals surface area contributed by atoms with Gasteiger partial charge in [-0.3, -0.25) is 0 Å². The molecule has 0 aromatic heterocycles. The summed E-state index contributed by atoms with van der Waals surface area (Å²) in [5.74, 6) is 0.595. The number of carbonyl (C=O) groups excluding carboxylic acids is 1. The molecule has 21 heavy (non-hydrogen) atoms. The van der Waals surface area contributed by atoms with E-state index < -0.39 is 11.5 Å². The van der Waals surface area contributed by atoms with Gasteiger partial charge in [0.2, 0.25) is 0 Å². The molecule has 1 atom stereocenters. The Morgan fingerprint density at radius 3 is 2.67 bits per heavy atom. The monoisotopic (exact) mass is 274 g/mol. The van der Waals surface area contributed by atoms with Crippen LogP contribution in [0.1, 0.15) is 28.4 Å². The quantitative estimate of drug-likeness (QED) is 0.546. The minimum absolute atomic E-state index is 0.378. The molecule has 0 N–H and O–H groups in total. The lowest BCUT2D eigenvalue weighted by Gasteiger charge is -2.30. The Morgan fingerprint density at radius 2 is 1.90 bits per heavy atom. The zero-order valence-electron chi connectivity index (χ0n) is 11.5. The highest BCUT2D eigenvalue weighted by Crippen LogP contribution is 2.46. The number of ether oxygens (including phenoxy) is 2. The van der Waals surface area contributed by atoms with Crippen molar-refractivity contribution >= 4 is 36.4 Å². The van der Waals surface area contributed by atoms with Crippen molar-refractivity contribution < 1.29 is 14.3 Å². The van der Waals surface area contributed by atoms with Crippen LogP contribution >= 0.6 is 0 Å². The van der Waals surface area contributed by atoms with E-state index in [-0.39, 0.29) is 0 Å². The van der Waals surface area contributed by atoms with Gasteiger partial charge in [0, 0.05) is 16.5 Å². The third kappa shape index (κ3) is 1.59. The largest absolute Gasteiger partial charge is 0.492 e.